The number of benzene rings is 1. The molecule has 0 saturated heterocycles. The lowest BCUT2D eigenvalue weighted by atomic mass is 9.70. The molecular weight excluding hydrogens is 168 g/mol. The minimum atomic E-state index is 0.824. The van der Waals surface area contributed by atoms with Crippen LogP contribution in [-0.4, -0.2) is 0 Å². The van der Waals surface area contributed by atoms with Gasteiger partial charge in [-0.25, -0.2) is 0 Å². The van der Waals surface area contributed by atoms with Crippen LogP contribution in [0.25, 0.3) is 0 Å². The molecule has 2 unspecified atom stereocenters. The molecule has 0 heterocycles. The van der Waals surface area contributed by atoms with Crippen LogP contribution in [0.2, 0.25) is 0 Å². The summed E-state index contributed by atoms with van der Waals surface area (Å²) in [6.45, 7) is 0. The highest BCUT2D eigenvalue weighted by molar-refractivity contribution is 5.34. The zero-order valence-corrected chi connectivity index (χ0v) is 8.45. The van der Waals surface area contributed by atoms with Crippen molar-refractivity contribution in [3.63, 3.8) is 0 Å². The van der Waals surface area contributed by atoms with Crippen LogP contribution in [0.5, 0.6) is 0 Å². The van der Waals surface area contributed by atoms with E-state index >= 15 is 0 Å². The fourth-order valence-electron chi connectivity index (χ4n) is 3.03. The van der Waals surface area contributed by atoms with E-state index < -0.39 is 0 Å². The third-order valence-electron chi connectivity index (χ3n) is 3.80. The number of hydrogen-bond acceptors (Lipinski definition) is 0. The summed E-state index contributed by atoms with van der Waals surface area (Å²) < 4.78 is 0. The number of aryl methyl sites for hydroxylation is 1. The molecule has 0 fully saturated rings. The Balaban J connectivity index is 2.04. The minimum Gasteiger partial charge on any atom is -0.0882 e. The van der Waals surface area contributed by atoms with E-state index in [4.69, 9.17) is 0 Å². The van der Waals surface area contributed by atoms with Gasteiger partial charge in [0, 0.05) is 0 Å². The van der Waals surface area contributed by atoms with Crippen LogP contribution in [-0.2, 0) is 6.42 Å². The van der Waals surface area contributed by atoms with E-state index in [-0.39, 0.29) is 0 Å². The molecule has 0 nitrogen and oxygen atoms in total. The Morgan fingerprint density at radius 3 is 2.86 bits per heavy atom. The first-order valence-corrected chi connectivity index (χ1v) is 5.68. The predicted molar refractivity (Wildman–Crippen MR) is 59.4 cm³/mol. The van der Waals surface area contributed by atoms with E-state index in [1.54, 1.807) is 11.1 Å². The molecule has 14 heavy (non-hydrogen) atoms. The van der Waals surface area contributed by atoms with E-state index in [1.165, 1.54) is 25.7 Å². The molecule has 2 aliphatic rings. The van der Waals surface area contributed by atoms with Gasteiger partial charge in [0.2, 0.25) is 0 Å². The summed E-state index contributed by atoms with van der Waals surface area (Å²) in [6.07, 6.45) is 10.00. The lowest BCUT2D eigenvalue weighted by Gasteiger charge is -2.34. The number of fused-ring (bicyclic) bond motifs is 3. The Morgan fingerprint density at radius 2 is 1.86 bits per heavy atom. The van der Waals surface area contributed by atoms with Crippen LogP contribution in [0, 0.1) is 5.92 Å². The first kappa shape index (κ1) is 8.28. The molecule has 1 aromatic rings. The Kier molecular flexibility index (Phi) is 1.93. The Hall–Kier alpha value is -1.04. The van der Waals surface area contributed by atoms with Crippen molar-refractivity contribution in [2.24, 2.45) is 5.92 Å². The average Bonchev–Trinajstić information content (AvgIpc) is 2.29. The number of rotatable bonds is 0. The molecule has 0 aliphatic heterocycles. The van der Waals surface area contributed by atoms with Crippen molar-refractivity contribution in [1.29, 1.82) is 0 Å². The lowest BCUT2D eigenvalue weighted by Crippen LogP contribution is -2.21. The highest BCUT2D eigenvalue weighted by Crippen LogP contribution is 2.42. The van der Waals surface area contributed by atoms with Crippen molar-refractivity contribution < 1.29 is 0 Å². The summed E-state index contributed by atoms with van der Waals surface area (Å²) in [5, 5.41) is 0. The smallest absolute Gasteiger partial charge is 0.00933 e. The van der Waals surface area contributed by atoms with Crippen molar-refractivity contribution in [3.8, 4) is 0 Å². The predicted octanol–water partition coefficient (Wildman–Crippen LogP) is 3.68. The third kappa shape index (κ3) is 1.21. The zero-order chi connectivity index (χ0) is 9.38. The van der Waals surface area contributed by atoms with E-state index in [0.717, 1.165) is 11.8 Å². The van der Waals surface area contributed by atoms with Crippen molar-refractivity contribution in [2.75, 3.05) is 0 Å². The van der Waals surface area contributed by atoms with Crippen LogP contribution in [0.1, 0.15) is 36.3 Å². The largest absolute Gasteiger partial charge is 0.0882 e. The molecule has 2 aliphatic carbocycles. The first-order valence-electron chi connectivity index (χ1n) is 5.68. The van der Waals surface area contributed by atoms with Gasteiger partial charge >= 0.3 is 0 Å². The molecule has 3 rings (SSSR count). The van der Waals surface area contributed by atoms with Crippen molar-refractivity contribution in [3.05, 3.63) is 47.5 Å². The first-order chi connectivity index (χ1) is 6.95. The second kappa shape index (κ2) is 3.27. The maximum atomic E-state index is 2.37. The Labute approximate surface area is 85.6 Å². The van der Waals surface area contributed by atoms with Gasteiger partial charge in [-0.15, -0.1) is 0 Å². The normalized spacial score (nSPS) is 29.4. The summed E-state index contributed by atoms with van der Waals surface area (Å²) in [5.41, 5.74) is 3.23. The highest BCUT2D eigenvalue weighted by atomic mass is 14.3. The molecule has 0 aromatic heterocycles. The van der Waals surface area contributed by atoms with Crippen LogP contribution < -0.4 is 0 Å². The molecule has 0 bridgehead atoms. The lowest BCUT2D eigenvalue weighted by molar-refractivity contribution is 0.364. The number of hydrogen-bond donors (Lipinski definition) is 0. The van der Waals surface area contributed by atoms with Gasteiger partial charge in [-0.2, -0.15) is 0 Å². The Bertz CT molecular complexity index is 362. The molecule has 0 spiro atoms. The zero-order valence-electron chi connectivity index (χ0n) is 8.45. The van der Waals surface area contributed by atoms with Gasteiger partial charge in [-0.3, -0.25) is 0 Å². The van der Waals surface area contributed by atoms with E-state index in [2.05, 4.69) is 36.4 Å². The fraction of sp³-hybridized carbons (Fsp3) is 0.429. The second-order valence-corrected chi connectivity index (χ2v) is 4.55. The maximum absolute atomic E-state index is 2.37. The molecule has 0 saturated carbocycles. The second-order valence-electron chi connectivity index (χ2n) is 4.55. The van der Waals surface area contributed by atoms with Gasteiger partial charge in [0.15, 0.2) is 0 Å². The van der Waals surface area contributed by atoms with Crippen LogP contribution >= 0.6 is 0 Å². The van der Waals surface area contributed by atoms with Gasteiger partial charge < -0.3 is 0 Å². The summed E-state index contributed by atoms with van der Waals surface area (Å²) in [7, 11) is 0. The molecule has 0 N–H and O–H groups in total. The van der Waals surface area contributed by atoms with Crippen molar-refractivity contribution >= 4 is 0 Å². The van der Waals surface area contributed by atoms with E-state index in [1.807, 2.05) is 0 Å². The molecule has 0 heteroatoms. The molecule has 1 aromatic carbocycles. The van der Waals surface area contributed by atoms with Gasteiger partial charge in [0.25, 0.3) is 0 Å². The third-order valence-corrected chi connectivity index (χ3v) is 3.80. The summed E-state index contributed by atoms with van der Waals surface area (Å²) in [4.78, 5) is 0. The van der Waals surface area contributed by atoms with Crippen molar-refractivity contribution in [1.82, 2.24) is 0 Å². The quantitative estimate of drug-likeness (QED) is 0.539. The van der Waals surface area contributed by atoms with Gasteiger partial charge in [-0.1, -0.05) is 36.4 Å². The SMILES string of the molecule is C1=CCC2c3ccccc3CCC2C1. The van der Waals surface area contributed by atoms with Gasteiger partial charge in [0.05, 0.1) is 0 Å². The average molecular weight is 184 g/mol. The Morgan fingerprint density at radius 1 is 1.00 bits per heavy atom. The summed E-state index contributed by atoms with van der Waals surface area (Å²) >= 11 is 0. The molecule has 0 amide bonds. The standard InChI is InChI=1S/C14H16/c1-3-7-13-11(5-1)9-10-12-6-2-4-8-14(12)13/h1-5,7,12,14H,6,8-10H2. The topological polar surface area (TPSA) is 0 Å². The maximum Gasteiger partial charge on any atom is -0.00933 e. The van der Waals surface area contributed by atoms with Crippen LogP contribution in [0.15, 0.2) is 36.4 Å². The molecule has 72 valence electrons. The van der Waals surface area contributed by atoms with E-state index in [9.17, 15) is 0 Å². The van der Waals surface area contributed by atoms with E-state index in [0.29, 0.717) is 0 Å². The molecular formula is C14H16. The fourth-order valence-corrected chi connectivity index (χ4v) is 3.03. The number of allylic oxidation sites excluding steroid dienone is 2. The van der Waals surface area contributed by atoms with Crippen LogP contribution in [0.4, 0.5) is 0 Å². The summed E-state index contributed by atoms with van der Waals surface area (Å²) in [6, 6.07) is 9.02. The van der Waals surface area contributed by atoms with Gasteiger partial charge in [-0.05, 0) is 48.6 Å². The van der Waals surface area contributed by atoms with Crippen molar-refractivity contribution in [2.45, 2.75) is 31.6 Å². The highest BCUT2D eigenvalue weighted by Gasteiger charge is 2.28. The van der Waals surface area contributed by atoms with Gasteiger partial charge in [0.1, 0.15) is 0 Å². The minimum absolute atomic E-state index is 0.824. The summed E-state index contributed by atoms with van der Waals surface area (Å²) in [5.74, 6) is 1.75. The molecule has 0 radical (unpaired) electrons. The monoisotopic (exact) mass is 184 g/mol. The van der Waals surface area contributed by atoms with Crippen LogP contribution in [0.3, 0.4) is 0 Å². The molecule has 2 atom stereocenters.